The van der Waals surface area contributed by atoms with Crippen LogP contribution in [0, 0.1) is 0 Å². The lowest BCUT2D eigenvalue weighted by Gasteiger charge is -2.15. The summed E-state index contributed by atoms with van der Waals surface area (Å²) < 4.78 is 62.7. The van der Waals surface area contributed by atoms with Crippen molar-refractivity contribution in [2.24, 2.45) is 5.14 Å². The molecule has 0 unspecified atom stereocenters. The van der Waals surface area contributed by atoms with Crippen LogP contribution >= 0.6 is 0 Å². The van der Waals surface area contributed by atoms with Gasteiger partial charge in [0.15, 0.2) is 0 Å². The Balaban J connectivity index is 0.000000597. The first-order valence-electron chi connectivity index (χ1n) is 6.66. The van der Waals surface area contributed by atoms with E-state index in [-0.39, 0.29) is 22.4 Å². The van der Waals surface area contributed by atoms with Gasteiger partial charge in [0.2, 0.25) is 10.0 Å². The van der Waals surface area contributed by atoms with Crippen LogP contribution in [0.15, 0.2) is 30.9 Å². The van der Waals surface area contributed by atoms with E-state index in [1.165, 1.54) is 18.7 Å². The minimum Gasteiger partial charge on any atom is -0.465 e. The zero-order valence-corrected chi connectivity index (χ0v) is 14.4. The molecule has 0 aliphatic heterocycles. The average Bonchev–Trinajstić information content (AvgIpc) is 2.52. The summed E-state index contributed by atoms with van der Waals surface area (Å²) in [6, 6.07) is 1.73. The highest BCUT2D eigenvalue weighted by Gasteiger charge is 2.35. The number of primary sulfonamides is 1. The molecule has 1 heterocycles. The normalized spacial score (nSPS) is 11.3. The number of carbonyl (C=O) groups excluding carboxylic acids is 1. The van der Waals surface area contributed by atoms with Crippen LogP contribution in [0.2, 0.25) is 0 Å². The van der Waals surface area contributed by atoms with Gasteiger partial charge in [0, 0.05) is 23.6 Å². The van der Waals surface area contributed by atoms with E-state index in [0.29, 0.717) is 6.07 Å². The number of hydrogen-bond donors (Lipinski definition) is 2. The van der Waals surface area contributed by atoms with Crippen LogP contribution in [-0.4, -0.2) is 37.7 Å². The lowest BCUT2D eigenvalue weighted by atomic mass is 9.97. The molecule has 8 nitrogen and oxygen atoms in total. The van der Waals surface area contributed by atoms with Crippen LogP contribution in [0.1, 0.15) is 15.9 Å². The molecule has 0 spiro atoms. The summed E-state index contributed by atoms with van der Waals surface area (Å²) in [5.41, 5.74) is 3.96. The van der Waals surface area contributed by atoms with Crippen molar-refractivity contribution in [2.75, 3.05) is 19.1 Å². The molecule has 1 aromatic heterocycles. The number of esters is 1. The minimum absolute atomic E-state index is 0.120. The number of ether oxygens (including phenoxy) is 1. The maximum Gasteiger partial charge on any atom is 0.417 e. The largest absolute Gasteiger partial charge is 0.465 e. The number of halogens is 3. The summed E-state index contributed by atoms with van der Waals surface area (Å²) in [5, 5.41) is 4.33. The van der Waals surface area contributed by atoms with Crippen molar-refractivity contribution in [1.82, 2.24) is 9.97 Å². The molecule has 0 aliphatic carbocycles. The Kier molecular flexibility index (Phi) is 6.64. The van der Waals surface area contributed by atoms with Gasteiger partial charge >= 0.3 is 12.1 Å². The number of nitrogen functional groups attached to an aromatic ring is 1. The Hall–Kier alpha value is -2.73. The van der Waals surface area contributed by atoms with Gasteiger partial charge in [-0.05, 0) is 17.7 Å². The van der Waals surface area contributed by atoms with E-state index < -0.39 is 27.7 Å². The highest BCUT2D eigenvalue weighted by molar-refractivity contribution is 7.88. The number of benzene rings is 1. The second-order valence-electron chi connectivity index (χ2n) is 4.93. The fourth-order valence-corrected chi connectivity index (χ4v) is 1.81. The zero-order chi connectivity index (χ0) is 20.1. The van der Waals surface area contributed by atoms with Crippen LogP contribution in [-0.2, 0) is 20.9 Å². The van der Waals surface area contributed by atoms with Crippen molar-refractivity contribution in [3.05, 3.63) is 42.0 Å². The van der Waals surface area contributed by atoms with Gasteiger partial charge < -0.3 is 10.5 Å². The summed E-state index contributed by atoms with van der Waals surface area (Å²) >= 11 is 0. The summed E-state index contributed by atoms with van der Waals surface area (Å²) in [6.45, 7) is 0. The number of rotatable bonds is 2. The number of aromatic nitrogens is 2. The Bertz CT molecular complexity index is 879. The molecule has 2 aromatic rings. The maximum atomic E-state index is 13.1. The molecule has 0 aliphatic rings. The number of anilines is 1. The molecule has 4 N–H and O–H groups in total. The molecule has 1 aromatic carbocycles. The topological polar surface area (TPSA) is 138 Å². The minimum atomic E-state index is -4.63. The van der Waals surface area contributed by atoms with Crippen LogP contribution in [0.5, 0.6) is 0 Å². The first-order valence-corrected chi connectivity index (χ1v) is 8.62. The Morgan fingerprint density at radius 1 is 1.19 bits per heavy atom. The van der Waals surface area contributed by atoms with Crippen LogP contribution < -0.4 is 10.9 Å². The molecule has 0 saturated carbocycles. The summed E-state index contributed by atoms with van der Waals surface area (Å²) in [7, 11) is -2.05. The number of alkyl halides is 3. The molecule has 0 fully saturated rings. The second-order valence-corrected chi connectivity index (χ2v) is 6.59. The van der Waals surface area contributed by atoms with Crippen molar-refractivity contribution in [3.8, 4) is 11.1 Å². The molecule has 26 heavy (non-hydrogen) atoms. The summed E-state index contributed by atoms with van der Waals surface area (Å²) in [6.07, 6.45) is -0.0696. The molecule has 0 bridgehead atoms. The van der Waals surface area contributed by atoms with Crippen LogP contribution in [0.3, 0.4) is 0 Å². The molecule has 12 heteroatoms. The third-order valence-electron chi connectivity index (χ3n) is 2.77. The molecule has 0 radical (unpaired) electrons. The second kappa shape index (κ2) is 8.10. The predicted octanol–water partition coefficient (Wildman–Crippen LogP) is 1.44. The van der Waals surface area contributed by atoms with Gasteiger partial charge in [0.05, 0.1) is 24.5 Å². The third kappa shape index (κ3) is 6.29. The van der Waals surface area contributed by atoms with Gasteiger partial charge in [-0.25, -0.2) is 28.3 Å². The van der Waals surface area contributed by atoms with E-state index >= 15 is 0 Å². The van der Waals surface area contributed by atoms with E-state index in [4.69, 9.17) is 5.73 Å². The number of hydrogen-bond acceptors (Lipinski definition) is 7. The van der Waals surface area contributed by atoms with Crippen molar-refractivity contribution < 1.29 is 31.1 Å². The quantitative estimate of drug-likeness (QED) is 0.582. The molecular weight excluding hydrogens is 377 g/mol. The summed E-state index contributed by atoms with van der Waals surface area (Å²) in [5.74, 6) is -0.820. The van der Waals surface area contributed by atoms with Crippen LogP contribution in [0.4, 0.5) is 18.9 Å². The number of nitrogens with two attached hydrogens (primary N) is 2. The molecular formula is C14H15F3N4O4S. The Morgan fingerprint density at radius 2 is 1.69 bits per heavy atom. The van der Waals surface area contributed by atoms with Gasteiger partial charge in [-0.1, -0.05) is 0 Å². The number of methoxy groups -OCH3 is 1. The SMILES string of the molecule is COC(=O)c1cc(-c2cncnc2)c(C(F)(F)F)cc1N.CS(N)(=O)=O. The average molecular weight is 392 g/mol. The summed E-state index contributed by atoms with van der Waals surface area (Å²) in [4.78, 5) is 18.9. The molecule has 2 rings (SSSR count). The lowest BCUT2D eigenvalue weighted by molar-refractivity contribution is -0.137. The first kappa shape index (κ1) is 21.3. The van der Waals surface area contributed by atoms with Crippen molar-refractivity contribution in [3.63, 3.8) is 0 Å². The number of carbonyl (C=O) groups is 1. The van der Waals surface area contributed by atoms with Crippen molar-refractivity contribution in [1.29, 1.82) is 0 Å². The maximum absolute atomic E-state index is 13.1. The Morgan fingerprint density at radius 3 is 2.12 bits per heavy atom. The van der Waals surface area contributed by atoms with E-state index in [0.717, 1.165) is 19.4 Å². The highest BCUT2D eigenvalue weighted by Crippen LogP contribution is 2.39. The fourth-order valence-electron chi connectivity index (χ4n) is 1.81. The van der Waals surface area contributed by atoms with E-state index in [1.54, 1.807) is 0 Å². The predicted molar refractivity (Wildman–Crippen MR) is 87.3 cm³/mol. The lowest BCUT2D eigenvalue weighted by Crippen LogP contribution is -2.12. The van der Waals surface area contributed by atoms with E-state index in [2.05, 4.69) is 19.8 Å². The van der Waals surface area contributed by atoms with Gasteiger partial charge in [-0.15, -0.1) is 0 Å². The molecule has 0 atom stereocenters. The van der Waals surface area contributed by atoms with Crippen LogP contribution in [0.25, 0.3) is 11.1 Å². The van der Waals surface area contributed by atoms with Gasteiger partial charge in [0.1, 0.15) is 6.33 Å². The standard InChI is InChI=1S/C13H10F3N3O2.CH5NO2S/c1-21-12(20)9-2-8(7-4-18-6-19-5-7)10(3-11(9)17)13(14,15)16;1-5(2,3)4/h2-6H,17H2,1H3;1H3,(H2,2,3,4). The third-order valence-corrected chi connectivity index (χ3v) is 2.77. The van der Waals surface area contributed by atoms with Gasteiger partial charge in [0.25, 0.3) is 0 Å². The molecule has 142 valence electrons. The smallest absolute Gasteiger partial charge is 0.417 e. The van der Waals surface area contributed by atoms with Crippen molar-refractivity contribution in [2.45, 2.75) is 6.18 Å². The van der Waals surface area contributed by atoms with Gasteiger partial charge in [-0.3, -0.25) is 0 Å². The van der Waals surface area contributed by atoms with Gasteiger partial charge in [-0.2, -0.15) is 13.2 Å². The number of nitrogens with zero attached hydrogens (tertiary/aromatic N) is 2. The monoisotopic (exact) mass is 392 g/mol. The van der Waals surface area contributed by atoms with E-state index in [9.17, 15) is 26.4 Å². The fraction of sp³-hybridized carbons (Fsp3) is 0.214. The zero-order valence-electron chi connectivity index (χ0n) is 13.6. The molecule has 0 amide bonds. The number of sulfonamides is 1. The Labute approximate surface area is 147 Å². The highest BCUT2D eigenvalue weighted by atomic mass is 32.2. The van der Waals surface area contributed by atoms with E-state index in [1.807, 2.05) is 0 Å². The molecule has 0 saturated heterocycles. The first-order chi connectivity index (χ1) is 11.8. The van der Waals surface area contributed by atoms with Crippen molar-refractivity contribution >= 4 is 21.7 Å².